The summed E-state index contributed by atoms with van der Waals surface area (Å²) in [6, 6.07) is 3.86. The SMILES string of the molecule is COC(=O)c1ccc([N+](=O)[O-])c(NCC(CNC(=O)OC(C)(C)C)OC)c1. The van der Waals surface area contributed by atoms with Crippen LogP contribution in [0.5, 0.6) is 0 Å². The third-order valence-corrected chi connectivity index (χ3v) is 3.34. The summed E-state index contributed by atoms with van der Waals surface area (Å²) >= 11 is 0. The number of nitrogens with zero attached hydrogens (tertiary/aromatic N) is 1. The molecule has 0 fully saturated rings. The number of nitro groups is 1. The maximum atomic E-state index is 11.7. The molecule has 1 aromatic carbocycles. The van der Waals surface area contributed by atoms with E-state index in [-0.39, 0.29) is 30.0 Å². The Balaban J connectivity index is 2.77. The second-order valence-electron chi connectivity index (χ2n) is 6.60. The van der Waals surface area contributed by atoms with Gasteiger partial charge in [0, 0.05) is 26.3 Å². The Morgan fingerprint density at radius 1 is 1.22 bits per heavy atom. The molecule has 0 aliphatic carbocycles. The van der Waals surface area contributed by atoms with Crippen LogP contribution in [0.15, 0.2) is 18.2 Å². The number of amides is 1. The van der Waals surface area contributed by atoms with Gasteiger partial charge in [0.05, 0.1) is 23.7 Å². The molecule has 27 heavy (non-hydrogen) atoms. The van der Waals surface area contributed by atoms with Crippen LogP contribution in [-0.2, 0) is 14.2 Å². The Bertz CT molecular complexity index is 686. The smallest absolute Gasteiger partial charge is 0.407 e. The van der Waals surface area contributed by atoms with Crippen LogP contribution in [0.2, 0.25) is 0 Å². The first-order valence-electron chi connectivity index (χ1n) is 8.17. The van der Waals surface area contributed by atoms with Gasteiger partial charge in [-0.2, -0.15) is 0 Å². The van der Waals surface area contributed by atoms with Gasteiger partial charge in [-0.15, -0.1) is 0 Å². The molecule has 0 bridgehead atoms. The first kappa shape index (κ1) is 22.2. The Kier molecular flexibility index (Phi) is 7.98. The van der Waals surface area contributed by atoms with E-state index in [0.717, 1.165) is 0 Å². The quantitative estimate of drug-likeness (QED) is 0.397. The van der Waals surface area contributed by atoms with Crippen molar-refractivity contribution in [2.24, 2.45) is 0 Å². The number of nitro benzene ring substituents is 1. The number of hydrogen-bond donors (Lipinski definition) is 2. The van der Waals surface area contributed by atoms with Crippen molar-refractivity contribution in [1.82, 2.24) is 5.32 Å². The summed E-state index contributed by atoms with van der Waals surface area (Å²) in [7, 11) is 2.67. The van der Waals surface area contributed by atoms with E-state index in [4.69, 9.17) is 9.47 Å². The number of ether oxygens (including phenoxy) is 3. The molecular formula is C17H25N3O7. The number of anilines is 1. The highest BCUT2D eigenvalue weighted by atomic mass is 16.6. The maximum absolute atomic E-state index is 11.7. The average molecular weight is 383 g/mol. The van der Waals surface area contributed by atoms with Gasteiger partial charge in [-0.1, -0.05) is 0 Å². The molecule has 0 aliphatic rings. The summed E-state index contributed by atoms with van der Waals surface area (Å²) in [6.07, 6.45) is -1.08. The van der Waals surface area contributed by atoms with Gasteiger partial charge < -0.3 is 24.8 Å². The number of carbonyl (C=O) groups is 2. The van der Waals surface area contributed by atoms with Crippen LogP contribution < -0.4 is 10.6 Å². The Hall–Kier alpha value is -2.88. The van der Waals surface area contributed by atoms with Gasteiger partial charge in [-0.3, -0.25) is 10.1 Å². The molecule has 1 atom stereocenters. The number of hydrogen-bond acceptors (Lipinski definition) is 8. The van der Waals surface area contributed by atoms with Crippen molar-refractivity contribution in [2.45, 2.75) is 32.5 Å². The summed E-state index contributed by atoms with van der Waals surface area (Å²) in [4.78, 5) is 33.9. The highest BCUT2D eigenvalue weighted by molar-refractivity contribution is 5.91. The van der Waals surface area contributed by atoms with Crippen molar-refractivity contribution in [3.05, 3.63) is 33.9 Å². The van der Waals surface area contributed by atoms with E-state index in [9.17, 15) is 19.7 Å². The van der Waals surface area contributed by atoms with E-state index in [1.807, 2.05) is 0 Å². The zero-order valence-electron chi connectivity index (χ0n) is 16.0. The van der Waals surface area contributed by atoms with E-state index < -0.39 is 28.7 Å². The predicted molar refractivity (Wildman–Crippen MR) is 98.0 cm³/mol. The van der Waals surface area contributed by atoms with Gasteiger partial charge in [0.15, 0.2) is 0 Å². The molecule has 1 aromatic rings. The van der Waals surface area contributed by atoms with Crippen molar-refractivity contribution in [1.29, 1.82) is 0 Å². The highest BCUT2D eigenvalue weighted by Gasteiger charge is 2.20. The lowest BCUT2D eigenvalue weighted by atomic mass is 10.1. The molecule has 2 N–H and O–H groups in total. The topological polar surface area (TPSA) is 129 Å². The van der Waals surface area contributed by atoms with Gasteiger partial charge in [0.2, 0.25) is 0 Å². The molecule has 1 amide bonds. The predicted octanol–water partition coefficient (Wildman–Crippen LogP) is 2.33. The molecule has 0 heterocycles. The van der Waals surface area contributed by atoms with Crippen molar-refractivity contribution >= 4 is 23.4 Å². The van der Waals surface area contributed by atoms with Crippen molar-refractivity contribution in [3.63, 3.8) is 0 Å². The molecule has 1 rings (SSSR count). The van der Waals surface area contributed by atoms with E-state index in [0.29, 0.717) is 0 Å². The zero-order chi connectivity index (χ0) is 20.6. The average Bonchev–Trinajstić information content (AvgIpc) is 2.59. The minimum absolute atomic E-state index is 0.128. The standard InChI is InChI=1S/C17H25N3O7/c1-17(2,3)27-16(22)19-10-12(25-4)9-18-13-8-11(15(21)26-5)6-7-14(13)20(23)24/h6-8,12,18H,9-10H2,1-5H3,(H,19,22). The van der Waals surface area contributed by atoms with Crippen LogP contribution in [0.1, 0.15) is 31.1 Å². The number of benzene rings is 1. The van der Waals surface area contributed by atoms with Crippen LogP contribution in [0.25, 0.3) is 0 Å². The summed E-state index contributed by atoms with van der Waals surface area (Å²) in [5, 5.41) is 16.6. The van der Waals surface area contributed by atoms with Crippen molar-refractivity contribution in [3.8, 4) is 0 Å². The molecular weight excluding hydrogens is 358 g/mol. The molecule has 0 saturated carbocycles. The number of nitrogens with one attached hydrogen (secondary N) is 2. The van der Waals surface area contributed by atoms with E-state index in [2.05, 4.69) is 15.4 Å². The molecule has 0 aromatic heterocycles. The number of rotatable bonds is 8. The monoisotopic (exact) mass is 383 g/mol. The maximum Gasteiger partial charge on any atom is 0.407 e. The van der Waals surface area contributed by atoms with Crippen molar-refractivity contribution in [2.75, 3.05) is 32.6 Å². The molecule has 150 valence electrons. The molecule has 10 heteroatoms. The first-order chi connectivity index (χ1) is 12.6. The zero-order valence-corrected chi connectivity index (χ0v) is 16.0. The normalized spacial score (nSPS) is 12.0. The van der Waals surface area contributed by atoms with Crippen LogP contribution >= 0.6 is 0 Å². The molecule has 0 spiro atoms. The minimum Gasteiger partial charge on any atom is -0.465 e. The summed E-state index contributed by atoms with van der Waals surface area (Å²) in [5.41, 5.74) is -0.508. The lowest BCUT2D eigenvalue weighted by molar-refractivity contribution is -0.384. The largest absolute Gasteiger partial charge is 0.465 e. The summed E-state index contributed by atoms with van der Waals surface area (Å²) in [6.45, 7) is 5.51. The Morgan fingerprint density at radius 2 is 1.89 bits per heavy atom. The van der Waals surface area contributed by atoms with Gasteiger partial charge in [0.25, 0.3) is 5.69 Å². The molecule has 1 unspecified atom stereocenters. The number of esters is 1. The van der Waals surface area contributed by atoms with Crippen LogP contribution in [0.4, 0.5) is 16.2 Å². The fourth-order valence-corrected chi connectivity index (χ4v) is 2.06. The van der Waals surface area contributed by atoms with E-state index in [1.165, 1.54) is 32.4 Å². The highest BCUT2D eigenvalue weighted by Crippen LogP contribution is 2.26. The molecule has 0 radical (unpaired) electrons. The third-order valence-electron chi connectivity index (χ3n) is 3.34. The Morgan fingerprint density at radius 3 is 2.41 bits per heavy atom. The summed E-state index contributed by atoms with van der Waals surface area (Å²) < 4.78 is 15.0. The van der Waals surface area contributed by atoms with Crippen molar-refractivity contribution < 1.29 is 28.7 Å². The fraction of sp³-hybridized carbons (Fsp3) is 0.529. The lowest BCUT2D eigenvalue weighted by Crippen LogP contribution is -2.39. The second-order valence-corrected chi connectivity index (χ2v) is 6.60. The van der Waals surface area contributed by atoms with Crippen LogP contribution in [-0.4, -0.2) is 56.0 Å². The number of alkyl carbamates (subject to hydrolysis) is 1. The van der Waals surface area contributed by atoms with Gasteiger partial charge in [-0.05, 0) is 32.9 Å². The second kappa shape index (κ2) is 9.72. The van der Waals surface area contributed by atoms with E-state index in [1.54, 1.807) is 20.8 Å². The Labute approximate surface area is 157 Å². The van der Waals surface area contributed by atoms with Gasteiger partial charge in [-0.25, -0.2) is 9.59 Å². The molecule has 10 nitrogen and oxygen atoms in total. The lowest BCUT2D eigenvalue weighted by Gasteiger charge is -2.22. The minimum atomic E-state index is -0.625. The van der Waals surface area contributed by atoms with E-state index >= 15 is 0 Å². The first-order valence-corrected chi connectivity index (χ1v) is 8.17. The van der Waals surface area contributed by atoms with Gasteiger partial charge in [0.1, 0.15) is 11.3 Å². The third kappa shape index (κ3) is 7.48. The molecule has 0 saturated heterocycles. The fourth-order valence-electron chi connectivity index (χ4n) is 2.06. The van der Waals surface area contributed by atoms with Crippen LogP contribution in [0, 0.1) is 10.1 Å². The number of methoxy groups -OCH3 is 2. The van der Waals surface area contributed by atoms with Gasteiger partial charge >= 0.3 is 12.1 Å². The summed E-state index contributed by atoms with van der Waals surface area (Å²) in [5.74, 6) is -0.608. The number of carbonyl (C=O) groups excluding carboxylic acids is 2. The molecule has 0 aliphatic heterocycles. The van der Waals surface area contributed by atoms with Crippen LogP contribution in [0.3, 0.4) is 0 Å².